The van der Waals surface area contributed by atoms with Gasteiger partial charge >= 0.3 is 0 Å². The Kier molecular flexibility index (Phi) is 6.42. The number of Topliss-reactive ketones (excluding diaryl/α,β-unsaturated/α-hetero) is 1. The molecule has 0 rings (SSSR count). The van der Waals surface area contributed by atoms with E-state index in [9.17, 15) is 14.4 Å². The van der Waals surface area contributed by atoms with Crippen LogP contribution in [0.15, 0.2) is 0 Å². The van der Waals surface area contributed by atoms with Crippen LogP contribution in [0.25, 0.3) is 0 Å². The Morgan fingerprint density at radius 3 is 2.06 bits per heavy atom. The highest BCUT2D eigenvalue weighted by Gasteiger charge is 2.28. The predicted molar refractivity (Wildman–Crippen MR) is 64.2 cm³/mol. The van der Waals surface area contributed by atoms with Gasteiger partial charge in [-0.2, -0.15) is 0 Å². The first-order chi connectivity index (χ1) is 7.81. The average molecular weight is 243 g/mol. The molecule has 0 aliphatic rings. The quantitative estimate of drug-likeness (QED) is 0.664. The number of carbonyl (C=O) groups is 3. The maximum atomic E-state index is 12.0. The summed E-state index contributed by atoms with van der Waals surface area (Å²) in [7, 11) is 3.13. The molecule has 2 N–H and O–H groups in total. The highest BCUT2D eigenvalue weighted by Crippen LogP contribution is 2.07. The number of nitrogens with zero attached hydrogens (tertiary/aromatic N) is 2. The standard InChI is InChI=1S/C11H21N3O3/c1-8(15)7-10(14(4)9(2)16)11(17)13(3)6-5-12/h10H,5-7,12H2,1-4H3/t10-/m0/s1. The molecule has 0 unspecified atom stereocenters. The summed E-state index contributed by atoms with van der Waals surface area (Å²) >= 11 is 0. The van der Waals surface area contributed by atoms with Gasteiger partial charge in [-0.3, -0.25) is 14.4 Å². The highest BCUT2D eigenvalue weighted by molar-refractivity contribution is 5.91. The molecule has 0 heterocycles. The Morgan fingerprint density at radius 1 is 1.18 bits per heavy atom. The number of carbonyl (C=O) groups excluding carboxylic acids is 3. The summed E-state index contributed by atoms with van der Waals surface area (Å²) in [6.45, 7) is 3.51. The lowest BCUT2D eigenvalue weighted by Crippen LogP contribution is -2.49. The van der Waals surface area contributed by atoms with Gasteiger partial charge < -0.3 is 15.5 Å². The molecule has 17 heavy (non-hydrogen) atoms. The lowest BCUT2D eigenvalue weighted by molar-refractivity contribution is -0.144. The molecule has 0 spiro atoms. The summed E-state index contributed by atoms with van der Waals surface area (Å²) < 4.78 is 0. The SMILES string of the molecule is CC(=O)C[C@@H](C(=O)N(C)CCN)N(C)C(C)=O. The van der Waals surface area contributed by atoms with E-state index in [1.807, 2.05) is 0 Å². The summed E-state index contributed by atoms with van der Waals surface area (Å²) in [6.07, 6.45) is 0.0316. The Bertz CT molecular complexity index is 304. The van der Waals surface area contributed by atoms with E-state index in [1.54, 1.807) is 7.05 Å². The Balaban J connectivity index is 4.84. The van der Waals surface area contributed by atoms with Crippen molar-refractivity contribution in [3.63, 3.8) is 0 Å². The number of likely N-dealkylation sites (N-methyl/N-ethyl adjacent to an activating group) is 2. The van der Waals surface area contributed by atoms with Gasteiger partial charge in [0.25, 0.3) is 0 Å². The minimum atomic E-state index is -0.735. The second-order valence-electron chi connectivity index (χ2n) is 4.10. The van der Waals surface area contributed by atoms with Gasteiger partial charge in [-0.15, -0.1) is 0 Å². The fourth-order valence-electron chi connectivity index (χ4n) is 1.44. The van der Waals surface area contributed by atoms with Crippen LogP contribution in [0.2, 0.25) is 0 Å². The summed E-state index contributed by atoms with van der Waals surface area (Å²) in [5.74, 6) is -0.633. The van der Waals surface area contributed by atoms with E-state index in [0.717, 1.165) is 0 Å². The topological polar surface area (TPSA) is 83.7 Å². The van der Waals surface area contributed by atoms with E-state index < -0.39 is 6.04 Å². The van der Waals surface area contributed by atoms with Crippen LogP contribution in [0.1, 0.15) is 20.3 Å². The van der Waals surface area contributed by atoms with Crippen molar-refractivity contribution in [1.29, 1.82) is 0 Å². The molecule has 0 saturated carbocycles. The lowest BCUT2D eigenvalue weighted by atomic mass is 10.1. The summed E-state index contributed by atoms with van der Waals surface area (Å²) in [5.41, 5.74) is 5.36. The first-order valence-electron chi connectivity index (χ1n) is 5.49. The summed E-state index contributed by atoms with van der Waals surface area (Å²) in [6, 6.07) is -0.735. The number of ketones is 1. The Morgan fingerprint density at radius 2 is 1.71 bits per heavy atom. The Hall–Kier alpha value is -1.43. The maximum Gasteiger partial charge on any atom is 0.245 e. The van der Waals surface area contributed by atoms with Crippen LogP contribution in [0.3, 0.4) is 0 Å². The van der Waals surface area contributed by atoms with E-state index in [0.29, 0.717) is 13.1 Å². The van der Waals surface area contributed by atoms with Crippen molar-refractivity contribution < 1.29 is 14.4 Å². The molecule has 98 valence electrons. The van der Waals surface area contributed by atoms with Gasteiger partial charge in [0, 0.05) is 40.5 Å². The van der Waals surface area contributed by atoms with E-state index in [2.05, 4.69) is 0 Å². The van der Waals surface area contributed by atoms with Crippen LogP contribution in [-0.4, -0.2) is 60.6 Å². The average Bonchev–Trinajstić information content (AvgIpc) is 2.23. The fraction of sp³-hybridized carbons (Fsp3) is 0.727. The number of hydrogen-bond acceptors (Lipinski definition) is 4. The molecule has 0 aromatic rings. The van der Waals surface area contributed by atoms with Crippen molar-refractivity contribution in [3.8, 4) is 0 Å². The zero-order chi connectivity index (χ0) is 13.6. The molecule has 0 aliphatic heterocycles. The molecule has 0 bridgehead atoms. The van der Waals surface area contributed by atoms with Crippen molar-refractivity contribution in [2.45, 2.75) is 26.3 Å². The first kappa shape index (κ1) is 15.6. The number of hydrogen-bond donors (Lipinski definition) is 1. The molecule has 6 nitrogen and oxygen atoms in total. The fourth-order valence-corrected chi connectivity index (χ4v) is 1.44. The molecule has 0 aliphatic carbocycles. The van der Waals surface area contributed by atoms with E-state index in [-0.39, 0.29) is 24.0 Å². The van der Waals surface area contributed by atoms with Crippen molar-refractivity contribution in [3.05, 3.63) is 0 Å². The second kappa shape index (κ2) is 7.01. The van der Waals surface area contributed by atoms with Gasteiger partial charge in [-0.25, -0.2) is 0 Å². The minimum absolute atomic E-state index is 0.0316. The van der Waals surface area contributed by atoms with Gasteiger partial charge in [-0.1, -0.05) is 0 Å². The van der Waals surface area contributed by atoms with Crippen molar-refractivity contribution in [2.75, 3.05) is 27.2 Å². The van der Waals surface area contributed by atoms with Gasteiger partial charge in [0.15, 0.2) is 0 Å². The van der Waals surface area contributed by atoms with Crippen LogP contribution in [0.5, 0.6) is 0 Å². The molecule has 2 amide bonds. The van der Waals surface area contributed by atoms with Crippen LogP contribution in [0.4, 0.5) is 0 Å². The molecule has 0 fully saturated rings. The number of rotatable bonds is 6. The molecule has 6 heteroatoms. The number of nitrogens with two attached hydrogens (primary N) is 1. The van der Waals surface area contributed by atoms with Crippen LogP contribution in [0, 0.1) is 0 Å². The first-order valence-corrected chi connectivity index (χ1v) is 5.49. The largest absolute Gasteiger partial charge is 0.343 e. The smallest absolute Gasteiger partial charge is 0.245 e. The van der Waals surface area contributed by atoms with Crippen LogP contribution in [-0.2, 0) is 14.4 Å². The van der Waals surface area contributed by atoms with E-state index in [4.69, 9.17) is 5.73 Å². The number of amides is 2. The monoisotopic (exact) mass is 243 g/mol. The van der Waals surface area contributed by atoms with Gasteiger partial charge in [-0.05, 0) is 6.92 Å². The summed E-state index contributed by atoms with van der Waals surface area (Å²) in [5, 5.41) is 0. The minimum Gasteiger partial charge on any atom is -0.343 e. The second-order valence-corrected chi connectivity index (χ2v) is 4.10. The third-order valence-corrected chi connectivity index (χ3v) is 2.57. The summed E-state index contributed by atoms with van der Waals surface area (Å²) in [4.78, 5) is 37.2. The van der Waals surface area contributed by atoms with Crippen molar-refractivity contribution >= 4 is 17.6 Å². The molecule has 0 aromatic carbocycles. The zero-order valence-corrected chi connectivity index (χ0v) is 10.9. The van der Waals surface area contributed by atoms with Gasteiger partial charge in [0.2, 0.25) is 11.8 Å². The normalized spacial score (nSPS) is 11.8. The zero-order valence-electron chi connectivity index (χ0n) is 10.9. The lowest BCUT2D eigenvalue weighted by Gasteiger charge is -2.29. The molecule has 0 radical (unpaired) electrons. The van der Waals surface area contributed by atoms with Crippen LogP contribution >= 0.6 is 0 Å². The molecule has 0 aromatic heterocycles. The van der Waals surface area contributed by atoms with Gasteiger partial charge in [0.05, 0.1) is 0 Å². The maximum absolute atomic E-state index is 12.0. The van der Waals surface area contributed by atoms with Gasteiger partial charge in [0.1, 0.15) is 11.8 Å². The third-order valence-electron chi connectivity index (χ3n) is 2.57. The highest BCUT2D eigenvalue weighted by atomic mass is 16.2. The predicted octanol–water partition coefficient (Wildman–Crippen LogP) is -0.770. The van der Waals surface area contributed by atoms with Crippen molar-refractivity contribution in [2.24, 2.45) is 5.73 Å². The molecular formula is C11H21N3O3. The molecule has 0 saturated heterocycles. The third kappa shape index (κ3) is 4.95. The van der Waals surface area contributed by atoms with E-state index in [1.165, 1.54) is 30.7 Å². The van der Waals surface area contributed by atoms with Crippen molar-refractivity contribution in [1.82, 2.24) is 9.80 Å². The van der Waals surface area contributed by atoms with E-state index >= 15 is 0 Å². The molecule has 1 atom stereocenters. The van der Waals surface area contributed by atoms with Crippen LogP contribution < -0.4 is 5.73 Å². The Labute approximate surface area is 102 Å². The molecular weight excluding hydrogens is 222 g/mol.